The molecule has 1 aromatic carbocycles. The molecule has 2 aromatic heterocycles. The fourth-order valence-electron chi connectivity index (χ4n) is 2.32. The molecule has 3 rings (SSSR count). The van der Waals surface area contributed by atoms with Crippen molar-refractivity contribution < 1.29 is 4.79 Å². The molecule has 6 heteroatoms. The van der Waals surface area contributed by atoms with Gasteiger partial charge in [-0.2, -0.15) is 5.10 Å². The van der Waals surface area contributed by atoms with E-state index in [1.165, 1.54) is 6.33 Å². The van der Waals surface area contributed by atoms with Crippen molar-refractivity contribution in [2.45, 2.75) is 13.0 Å². The molecule has 23 heavy (non-hydrogen) atoms. The van der Waals surface area contributed by atoms with Crippen molar-refractivity contribution in [3.63, 3.8) is 0 Å². The number of pyridine rings is 1. The zero-order valence-electron chi connectivity index (χ0n) is 13.0. The average Bonchev–Trinajstić information content (AvgIpc) is 3.15. The van der Waals surface area contributed by atoms with Gasteiger partial charge >= 0.3 is 0 Å². The van der Waals surface area contributed by atoms with Crippen molar-refractivity contribution in [1.29, 1.82) is 0 Å². The van der Waals surface area contributed by atoms with Crippen LogP contribution in [0.15, 0.2) is 61.3 Å². The lowest BCUT2D eigenvalue weighted by molar-refractivity contribution is 0.0736. The zero-order chi connectivity index (χ0) is 16.2. The largest absolute Gasteiger partial charge is 0.334 e. The van der Waals surface area contributed by atoms with E-state index < -0.39 is 0 Å². The van der Waals surface area contributed by atoms with E-state index in [-0.39, 0.29) is 11.9 Å². The summed E-state index contributed by atoms with van der Waals surface area (Å²) in [5.41, 5.74) is 2.42. The summed E-state index contributed by atoms with van der Waals surface area (Å²) >= 11 is 0. The van der Waals surface area contributed by atoms with Crippen molar-refractivity contribution in [1.82, 2.24) is 24.6 Å². The fraction of sp³-hybridized carbons (Fsp3) is 0.176. The summed E-state index contributed by atoms with van der Waals surface area (Å²) < 4.78 is 1.69. The van der Waals surface area contributed by atoms with E-state index in [0.29, 0.717) is 5.69 Å². The van der Waals surface area contributed by atoms with Gasteiger partial charge in [0.1, 0.15) is 18.3 Å². The smallest absolute Gasteiger partial charge is 0.272 e. The molecule has 0 saturated carbocycles. The van der Waals surface area contributed by atoms with Crippen molar-refractivity contribution in [3.8, 4) is 5.69 Å². The molecule has 0 saturated heterocycles. The lowest BCUT2D eigenvalue weighted by Crippen LogP contribution is -2.30. The first-order chi connectivity index (χ1) is 11.2. The lowest BCUT2D eigenvalue weighted by atomic mass is 10.1. The van der Waals surface area contributed by atoms with Gasteiger partial charge in [-0.3, -0.25) is 9.78 Å². The summed E-state index contributed by atoms with van der Waals surface area (Å²) in [5.74, 6) is -0.0987. The average molecular weight is 307 g/mol. The Bertz CT molecular complexity index is 769. The number of rotatable bonds is 4. The first kappa shape index (κ1) is 14.9. The van der Waals surface area contributed by atoms with Crippen molar-refractivity contribution in [3.05, 3.63) is 72.6 Å². The molecule has 0 aliphatic carbocycles. The van der Waals surface area contributed by atoms with Crippen LogP contribution in [0, 0.1) is 0 Å². The summed E-state index contributed by atoms with van der Waals surface area (Å²) in [4.78, 5) is 22.2. The summed E-state index contributed by atoms with van der Waals surface area (Å²) in [6.07, 6.45) is 4.77. The molecule has 0 aliphatic heterocycles. The Morgan fingerprint density at radius 3 is 2.57 bits per heavy atom. The molecule has 1 amide bonds. The minimum Gasteiger partial charge on any atom is -0.334 e. The Balaban J connectivity index is 1.77. The molecule has 1 atom stereocenters. The van der Waals surface area contributed by atoms with Crippen LogP contribution in [0.1, 0.15) is 29.0 Å². The van der Waals surface area contributed by atoms with Crippen LogP contribution in [0.2, 0.25) is 0 Å². The van der Waals surface area contributed by atoms with E-state index in [9.17, 15) is 4.79 Å². The molecular weight excluding hydrogens is 290 g/mol. The van der Waals surface area contributed by atoms with Gasteiger partial charge in [-0.25, -0.2) is 9.67 Å². The predicted molar refractivity (Wildman–Crippen MR) is 86.1 cm³/mol. The van der Waals surface area contributed by atoms with Crippen LogP contribution in [-0.4, -0.2) is 37.6 Å². The third-order valence-corrected chi connectivity index (χ3v) is 3.84. The number of nitrogens with zero attached hydrogens (tertiary/aromatic N) is 5. The van der Waals surface area contributed by atoms with Crippen molar-refractivity contribution >= 4 is 5.91 Å². The molecule has 0 fully saturated rings. The quantitative estimate of drug-likeness (QED) is 0.743. The minimum atomic E-state index is -0.0987. The normalized spacial score (nSPS) is 11.9. The van der Waals surface area contributed by atoms with Crippen LogP contribution in [0.3, 0.4) is 0 Å². The van der Waals surface area contributed by atoms with Crippen LogP contribution in [0.4, 0.5) is 0 Å². The first-order valence-corrected chi connectivity index (χ1v) is 7.30. The van der Waals surface area contributed by atoms with Crippen LogP contribution in [-0.2, 0) is 0 Å². The van der Waals surface area contributed by atoms with Gasteiger partial charge in [0.25, 0.3) is 5.91 Å². The SMILES string of the molecule is C[C@@H](c1ccc(-n2cncn2)cc1)N(C)C(=O)c1ccccn1. The molecule has 3 aromatic rings. The van der Waals surface area contributed by atoms with E-state index in [4.69, 9.17) is 0 Å². The van der Waals surface area contributed by atoms with Gasteiger partial charge in [0.2, 0.25) is 0 Å². The molecule has 116 valence electrons. The summed E-state index contributed by atoms with van der Waals surface area (Å²) in [7, 11) is 1.78. The van der Waals surface area contributed by atoms with E-state index in [2.05, 4.69) is 15.1 Å². The van der Waals surface area contributed by atoms with Crippen molar-refractivity contribution in [2.75, 3.05) is 7.05 Å². The Labute approximate surface area is 134 Å². The van der Waals surface area contributed by atoms with Crippen LogP contribution < -0.4 is 0 Å². The Morgan fingerprint density at radius 1 is 1.17 bits per heavy atom. The summed E-state index contributed by atoms with van der Waals surface area (Å²) in [6.45, 7) is 1.99. The van der Waals surface area contributed by atoms with Gasteiger partial charge in [0, 0.05) is 13.2 Å². The molecule has 0 unspecified atom stereocenters. The molecule has 0 aliphatic rings. The highest BCUT2D eigenvalue weighted by Crippen LogP contribution is 2.21. The highest BCUT2D eigenvalue weighted by molar-refractivity contribution is 5.92. The van der Waals surface area contributed by atoms with Crippen LogP contribution in [0.5, 0.6) is 0 Å². The zero-order valence-corrected chi connectivity index (χ0v) is 13.0. The minimum absolute atomic E-state index is 0.0608. The van der Waals surface area contributed by atoms with Crippen LogP contribution in [0.25, 0.3) is 5.69 Å². The first-order valence-electron chi connectivity index (χ1n) is 7.30. The van der Waals surface area contributed by atoms with Gasteiger partial charge in [-0.05, 0) is 36.8 Å². The Hall–Kier alpha value is -3.02. The molecule has 0 spiro atoms. The Kier molecular flexibility index (Phi) is 4.14. The van der Waals surface area contributed by atoms with E-state index in [1.807, 2.05) is 37.3 Å². The highest BCUT2D eigenvalue weighted by Gasteiger charge is 2.19. The second-order valence-corrected chi connectivity index (χ2v) is 5.24. The predicted octanol–water partition coefficient (Wildman–Crippen LogP) is 2.50. The highest BCUT2D eigenvalue weighted by atomic mass is 16.2. The number of benzene rings is 1. The maximum absolute atomic E-state index is 12.5. The number of aromatic nitrogens is 4. The standard InChI is InChI=1S/C17H17N5O/c1-13(21(2)17(23)16-5-3-4-10-19-16)14-6-8-15(9-7-14)22-12-18-11-20-22/h3-13H,1-2H3/t13-/m0/s1. The number of hydrogen-bond donors (Lipinski definition) is 0. The molecule has 0 radical (unpaired) electrons. The maximum atomic E-state index is 12.5. The second-order valence-electron chi connectivity index (χ2n) is 5.24. The van der Waals surface area contributed by atoms with E-state index in [1.54, 1.807) is 41.3 Å². The molecule has 0 bridgehead atoms. The lowest BCUT2D eigenvalue weighted by Gasteiger charge is -2.25. The molecule has 0 N–H and O–H groups in total. The topological polar surface area (TPSA) is 63.9 Å². The third-order valence-electron chi connectivity index (χ3n) is 3.84. The number of carbonyl (C=O) groups excluding carboxylic acids is 1. The van der Waals surface area contributed by atoms with E-state index in [0.717, 1.165) is 11.3 Å². The molecule has 2 heterocycles. The molecule has 6 nitrogen and oxygen atoms in total. The maximum Gasteiger partial charge on any atom is 0.272 e. The fourth-order valence-corrected chi connectivity index (χ4v) is 2.32. The van der Waals surface area contributed by atoms with Gasteiger partial charge in [0.15, 0.2) is 0 Å². The summed E-state index contributed by atoms with van der Waals surface area (Å²) in [6, 6.07) is 13.2. The summed E-state index contributed by atoms with van der Waals surface area (Å²) in [5, 5.41) is 4.10. The number of amides is 1. The monoisotopic (exact) mass is 307 g/mol. The van der Waals surface area contributed by atoms with Crippen LogP contribution >= 0.6 is 0 Å². The number of hydrogen-bond acceptors (Lipinski definition) is 4. The number of carbonyl (C=O) groups is 1. The Morgan fingerprint density at radius 2 is 1.96 bits per heavy atom. The second kappa shape index (κ2) is 6.39. The van der Waals surface area contributed by atoms with Gasteiger partial charge in [-0.1, -0.05) is 18.2 Å². The third kappa shape index (κ3) is 3.11. The van der Waals surface area contributed by atoms with Gasteiger partial charge < -0.3 is 4.90 Å². The van der Waals surface area contributed by atoms with E-state index >= 15 is 0 Å². The van der Waals surface area contributed by atoms with Gasteiger partial charge in [-0.15, -0.1) is 0 Å². The molecular formula is C17H17N5O. The van der Waals surface area contributed by atoms with Gasteiger partial charge in [0.05, 0.1) is 11.7 Å². The van der Waals surface area contributed by atoms with Crippen molar-refractivity contribution in [2.24, 2.45) is 0 Å².